The second kappa shape index (κ2) is 7.32. The van der Waals surface area contributed by atoms with Gasteiger partial charge in [-0.1, -0.05) is 13.8 Å². The topological polar surface area (TPSA) is 75.3 Å². The van der Waals surface area contributed by atoms with Crippen molar-refractivity contribution in [3.63, 3.8) is 0 Å². The molecule has 0 aliphatic heterocycles. The summed E-state index contributed by atoms with van der Waals surface area (Å²) in [5.74, 6) is 0.415. The summed E-state index contributed by atoms with van der Waals surface area (Å²) >= 11 is 0. The fourth-order valence-corrected chi connectivity index (χ4v) is 2.36. The lowest BCUT2D eigenvalue weighted by Crippen LogP contribution is -2.35. The SMILES string of the molecule is CC(C)NCCS(=O)(=O)NCCS(C)=O. The third-order valence-electron chi connectivity index (χ3n) is 1.63. The number of nitrogens with one attached hydrogen (secondary N) is 2. The minimum absolute atomic E-state index is 0.0571. The second-order valence-electron chi connectivity index (χ2n) is 3.60. The third kappa shape index (κ3) is 10.3. The van der Waals surface area contributed by atoms with E-state index in [0.29, 0.717) is 12.3 Å². The van der Waals surface area contributed by atoms with Crippen molar-refractivity contribution in [3.8, 4) is 0 Å². The van der Waals surface area contributed by atoms with E-state index in [9.17, 15) is 12.6 Å². The van der Waals surface area contributed by atoms with Crippen molar-refractivity contribution in [3.05, 3.63) is 0 Å². The molecule has 0 saturated carbocycles. The van der Waals surface area contributed by atoms with Gasteiger partial charge in [0.1, 0.15) is 0 Å². The molecule has 0 aromatic carbocycles. The Labute approximate surface area is 94.5 Å². The van der Waals surface area contributed by atoms with Crippen molar-refractivity contribution in [1.82, 2.24) is 10.0 Å². The second-order valence-corrected chi connectivity index (χ2v) is 7.08. The van der Waals surface area contributed by atoms with Crippen LogP contribution in [0.5, 0.6) is 0 Å². The minimum atomic E-state index is -3.22. The van der Waals surface area contributed by atoms with Crippen molar-refractivity contribution >= 4 is 20.8 Å². The molecule has 0 aromatic rings. The maximum Gasteiger partial charge on any atom is 0.212 e. The lowest BCUT2D eigenvalue weighted by Gasteiger charge is -2.09. The molecule has 5 nitrogen and oxygen atoms in total. The van der Waals surface area contributed by atoms with E-state index in [1.165, 1.54) is 0 Å². The average molecular weight is 256 g/mol. The van der Waals surface area contributed by atoms with Crippen LogP contribution in [-0.4, -0.2) is 49.5 Å². The Morgan fingerprint density at radius 3 is 2.33 bits per heavy atom. The van der Waals surface area contributed by atoms with Crippen LogP contribution in [-0.2, 0) is 20.8 Å². The molecule has 0 radical (unpaired) electrons. The molecule has 7 heteroatoms. The van der Waals surface area contributed by atoms with Crippen LogP contribution in [0.3, 0.4) is 0 Å². The van der Waals surface area contributed by atoms with Crippen LogP contribution in [0, 0.1) is 0 Å². The fraction of sp³-hybridized carbons (Fsp3) is 1.00. The van der Waals surface area contributed by atoms with Gasteiger partial charge >= 0.3 is 0 Å². The Balaban J connectivity index is 3.73. The summed E-state index contributed by atoms with van der Waals surface area (Å²) in [6.45, 7) is 4.59. The zero-order chi connectivity index (χ0) is 11.9. The molecule has 0 aliphatic rings. The molecule has 15 heavy (non-hydrogen) atoms. The normalized spacial score (nSPS) is 14.4. The van der Waals surface area contributed by atoms with Gasteiger partial charge in [-0.25, -0.2) is 13.1 Å². The summed E-state index contributed by atoms with van der Waals surface area (Å²) in [5, 5.41) is 3.02. The first-order valence-corrected chi connectivity index (χ1v) is 8.22. The predicted octanol–water partition coefficient (Wildman–Crippen LogP) is -0.718. The van der Waals surface area contributed by atoms with Crippen LogP contribution < -0.4 is 10.0 Å². The van der Waals surface area contributed by atoms with E-state index in [1.807, 2.05) is 13.8 Å². The summed E-state index contributed by atoms with van der Waals surface area (Å²) in [4.78, 5) is 0. The highest BCUT2D eigenvalue weighted by Crippen LogP contribution is 1.84. The summed E-state index contributed by atoms with van der Waals surface area (Å²) in [6.07, 6.45) is 1.55. The third-order valence-corrected chi connectivity index (χ3v) is 3.80. The highest BCUT2D eigenvalue weighted by atomic mass is 32.2. The van der Waals surface area contributed by atoms with Gasteiger partial charge in [0.15, 0.2) is 0 Å². The van der Waals surface area contributed by atoms with Crippen LogP contribution in [0.15, 0.2) is 0 Å². The van der Waals surface area contributed by atoms with Gasteiger partial charge in [0.05, 0.1) is 5.75 Å². The fourth-order valence-electron chi connectivity index (χ4n) is 0.895. The first kappa shape index (κ1) is 15.0. The number of rotatable bonds is 8. The summed E-state index contributed by atoms with van der Waals surface area (Å²) < 4.78 is 35.8. The molecular formula is C8H20N2O3S2. The molecule has 0 heterocycles. The lowest BCUT2D eigenvalue weighted by molar-refractivity contribution is 0.569. The zero-order valence-corrected chi connectivity index (χ0v) is 11.1. The minimum Gasteiger partial charge on any atom is -0.313 e. The van der Waals surface area contributed by atoms with E-state index < -0.39 is 20.8 Å². The van der Waals surface area contributed by atoms with Crippen molar-refractivity contribution < 1.29 is 12.6 Å². The van der Waals surface area contributed by atoms with E-state index >= 15 is 0 Å². The number of sulfonamides is 1. The first-order valence-electron chi connectivity index (χ1n) is 4.84. The van der Waals surface area contributed by atoms with Gasteiger partial charge < -0.3 is 5.32 Å². The average Bonchev–Trinajstić information content (AvgIpc) is 2.01. The van der Waals surface area contributed by atoms with E-state index in [-0.39, 0.29) is 18.3 Å². The molecule has 0 fully saturated rings. The van der Waals surface area contributed by atoms with Gasteiger partial charge in [-0.15, -0.1) is 0 Å². The van der Waals surface area contributed by atoms with Crippen molar-refractivity contribution in [2.75, 3.05) is 30.9 Å². The van der Waals surface area contributed by atoms with Gasteiger partial charge in [0.25, 0.3) is 0 Å². The largest absolute Gasteiger partial charge is 0.313 e. The molecule has 0 aliphatic carbocycles. The van der Waals surface area contributed by atoms with Crippen molar-refractivity contribution in [1.29, 1.82) is 0 Å². The lowest BCUT2D eigenvalue weighted by atomic mass is 10.4. The molecule has 1 unspecified atom stereocenters. The molecule has 0 amide bonds. The van der Waals surface area contributed by atoms with Crippen LogP contribution in [0.25, 0.3) is 0 Å². The quantitative estimate of drug-likeness (QED) is 0.601. The van der Waals surface area contributed by atoms with Gasteiger partial charge in [0.2, 0.25) is 10.0 Å². The van der Waals surface area contributed by atoms with Crippen LogP contribution in [0.2, 0.25) is 0 Å². The molecule has 0 rings (SSSR count). The molecule has 2 N–H and O–H groups in total. The molecule has 0 bridgehead atoms. The maximum atomic E-state index is 11.3. The molecular weight excluding hydrogens is 236 g/mol. The Morgan fingerprint density at radius 1 is 1.27 bits per heavy atom. The molecule has 1 atom stereocenters. The van der Waals surface area contributed by atoms with E-state index in [1.54, 1.807) is 6.26 Å². The smallest absolute Gasteiger partial charge is 0.212 e. The maximum absolute atomic E-state index is 11.3. The van der Waals surface area contributed by atoms with Crippen LogP contribution in [0.4, 0.5) is 0 Å². The van der Waals surface area contributed by atoms with Crippen LogP contribution in [0.1, 0.15) is 13.8 Å². The van der Waals surface area contributed by atoms with Crippen LogP contribution >= 0.6 is 0 Å². The Kier molecular flexibility index (Phi) is 7.33. The summed E-state index contributed by atoms with van der Waals surface area (Å²) in [5.41, 5.74) is 0. The number of hydrogen-bond donors (Lipinski definition) is 2. The van der Waals surface area contributed by atoms with Gasteiger partial charge in [-0.3, -0.25) is 4.21 Å². The molecule has 0 aromatic heterocycles. The Bertz CT molecular complexity index is 288. The monoisotopic (exact) mass is 256 g/mol. The van der Waals surface area contributed by atoms with Crippen molar-refractivity contribution in [2.45, 2.75) is 19.9 Å². The van der Waals surface area contributed by atoms with Gasteiger partial charge in [0, 0.05) is 41.9 Å². The molecule has 92 valence electrons. The van der Waals surface area contributed by atoms with E-state index in [4.69, 9.17) is 0 Å². The van der Waals surface area contributed by atoms with Crippen molar-refractivity contribution in [2.24, 2.45) is 0 Å². The Hall–Kier alpha value is 0.0200. The highest BCUT2D eigenvalue weighted by Gasteiger charge is 2.09. The van der Waals surface area contributed by atoms with Gasteiger partial charge in [-0.2, -0.15) is 0 Å². The highest BCUT2D eigenvalue weighted by molar-refractivity contribution is 7.89. The Morgan fingerprint density at radius 2 is 1.87 bits per heavy atom. The van der Waals surface area contributed by atoms with E-state index in [0.717, 1.165) is 0 Å². The number of hydrogen-bond acceptors (Lipinski definition) is 4. The molecule has 0 saturated heterocycles. The summed E-state index contributed by atoms with van der Waals surface area (Å²) in [7, 11) is -4.18. The standard InChI is InChI=1S/C8H20N2O3S2/c1-8(2)9-5-7-15(12,13)10-4-6-14(3)11/h8-10H,4-7H2,1-3H3. The summed E-state index contributed by atoms with van der Waals surface area (Å²) in [6, 6.07) is 0.281. The molecule has 0 spiro atoms. The first-order chi connectivity index (χ1) is 6.83. The van der Waals surface area contributed by atoms with Gasteiger partial charge in [-0.05, 0) is 0 Å². The zero-order valence-electron chi connectivity index (χ0n) is 9.45. The predicted molar refractivity (Wildman–Crippen MR) is 63.9 cm³/mol. The van der Waals surface area contributed by atoms with E-state index in [2.05, 4.69) is 10.0 Å².